The highest BCUT2D eigenvalue weighted by Crippen LogP contribution is 2.24. The smallest absolute Gasteiger partial charge is 0.147 e. The van der Waals surface area contributed by atoms with Gasteiger partial charge in [0, 0.05) is 0 Å². The molecule has 2 saturated heterocycles. The summed E-state index contributed by atoms with van der Waals surface area (Å²) in [5.41, 5.74) is -0.247. The number of hydrogen-bond acceptors (Lipinski definition) is 6. The summed E-state index contributed by atoms with van der Waals surface area (Å²) >= 11 is 0. The monoisotopic (exact) mass is 304 g/mol. The molecule has 0 saturated carbocycles. The Morgan fingerprint density at radius 2 is 1.29 bits per heavy atom. The molecule has 0 aliphatic carbocycles. The molecule has 0 aromatic carbocycles. The normalized spacial score (nSPS) is 34.0. The minimum Gasteiger partial charge on any atom is -0.355 e. The Balaban J connectivity index is 1.46. The van der Waals surface area contributed by atoms with Crippen molar-refractivity contribution in [1.29, 1.82) is 0 Å². The average molecular weight is 304 g/mol. The molecule has 0 N–H and O–H groups in total. The first-order valence-electron chi connectivity index (χ1n) is 7.71. The van der Waals surface area contributed by atoms with E-state index in [-0.39, 0.29) is 11.2 Å². The van der Waals surface area contributed by atoms with Gasteiger partial charge in [-0.25, -0.2) is 0 Å². The third-order valence-corrected chi connectivity index (χ3v) is 4.25. The molecule has 2 aliphatic heterocycles. The van der Waals surface area contributed by atoms with Gasteiger partial charge in [0.2, 0.25) is 0 Å². The van der Waals surface area contributed by atoms with E-state index < -0.39 is 0 Å². The first-order chi connectivity index (χ1) is 10.1. The Hall–Kier alpha value is -0.240. The van der Waals surface area contributed by atoms with Crippen LogP contribution in [0.2, 0.25) is 0 Å². The standard InChI is InChI=1S/C15H28O6/c1-14(5-9-18-12-20-14)3-7-16-11-17-8-4-15(2)6-10-19-13-21-15/h3-13H2,1-2H3. The second kappa shape index (κ2) is 8.41. The maximum atomic E-state index is 5.61. The third kappa shape index (κ3) is 6.18. The highest BCUT2D eigenvalue weighted by atomic mass is 16.7. The maximum Gasteiger partial charge on any atom is 0.147 e. The van der Waals surface area contributed by atoms with Crippen molar-refractivity contribution in [1.82, 2.24) is 0 Å². The molecule has 2 atom stereocenters. The molecule has 124 valence electrons. The van der Waals surface area contributed by atoms with Crippen molar-refractivity contribution in [3.05, 3.63) is 0 Å². The van der Waals surface area contributed by atoms with Crippen LogP contribution < -0.4 is 0 Å². The molecule has 0 radical (unpaired) electrons. The zero-order valence-corrected chi connectivity index (χ0v) is 13.2. The molecule has 0 aromatic heterocycles. The summed E-state index contributed by atoms with van der Waals surface area (Å²) in [5, 5.41) is 0. The lowest BCUT2D eigenvalue weighted by Gasteiger charge is -2.34. The van der Waals surface area contributed by atoms with E-state index in [0.29, 0.717) is 33.6 Å². The summed E-state index contributed by atoms with van der Waals surface area (Å²) in [4.78, 5) is 0. The summed E-state index contributed by atoms with van der Waals surface area (Å²) in [6.45, 7) is 8.08. The summed E-state index contributed by atoms with van der Waals surface area (Å²) in [7, 11) is 0. The van der Waals surface area contributed by atoms with E-state index in [1.54, 1.807) is 0 Å². The Labute approximate surface area is 127 Å². The fraction of sp³-hybridized carbons (Fsp3) is 1.00. The second-order valence-electron chi connectivity index (χ2n) is 6.18. The first-order valence-corrected chi connectivity index (χ1v) is 7.71. The molecule has 21 heavy (non-hydrogen) atoms. The number of rotatable bonds is 8. The minimum absolute atomic E-state index is 0.123. The van der Waals surface area contributed by atoms with Crippen LogP contribution in [0.15, 0.2) is 0 Å². The van der Waals surface area contributed by atoms with E-state index in [4.69, 9.17) is 28.4 Å². The van der Waals surface area contributed by atoms with Gasteiger partial charge >= 0.3 is 0 Å². The zero-order chi connectivity index (χ0) is 15.0. The lowest BCUT2D eigenvalue weighted by molar-refractivity contribution is -0.199. The van der Waals surface area contributed by atoms with E-state index in [1.807, 2.05) is 0 Å². The molecule has 2 rings (SSSR count). The lowest BCUT2D eigenvalue weighted by atomic mass is 9.98. The van der Waals surface area contributed by atoms with Crippen LogP contribution >= 0.6 is 0 Å². The van der Waals surface area contributed by atoms with Gasteiger partial charge < -0.3 is 28.4 Å². The third-order valence-electron chi connectivity index (χ3n) is 4.25. The van der Waals surface area contributed by atoms with Crippen LogP contribution in [0.3, 0.4) is 0 Å². The molecule has 0 aromatic rings. The molecule has 2 heterocycles. The predicted molar refractivity (Wildman–Crippen MR) is 75.9 cm³/mol. The molecule has 2 unspecified atom stereocenters. The molecular weight excluding hydrogens is 276 g/mol. The lowest BCUT2D eigenvalue weighted by Crippen LogP contribution is -2.37. The Morgan fingerprint density at radius 3 is 1.67 bits per heavy atom. The molecular formula is C15H28O6. The Morgan fingerprint density at radius 1 is 0.810 bits per heavy atom. The molecule has 2 aliphatic rings. The Kier molecular flexibility index (Phi) is 6.85. The zero-order valence-electron chi connectivity index (χ0n) is 13.2. The van der Waals surface area contributed by atoms with Crippen molar-refractivity contribution in [2.75, 3.05) is 46.8 Å². The highest BCUT2D eigenvalue weighted by Gasteiger charge is 2.29. The van der Waals surface area contributed by atoms with Crippen LogP contribution in [0, 0.1) is 0 Å². The van der Waals surface area contributed by atoms with E-state index in [2.05, 4.69) is 13.8 Å². The molecule has 0 bridgehead atoms. The van der Waals surface area contributed by atoms with Crippen molar-refractivity contribution >= 4 is 0 Å². The van der Waals surface area contributed by atoms with E-state index in [0.717, 1.165) is 38.9 Å². The van der Waals surface area contributed by atoms with Crippen LogP contribution in [-0.2, 0) is 28.4 Å². The summed E-state index contributed by atoms with van der Waals surface area (Å²) < 4.78 is 32.6. The van der Waals surface area contributed by atoms with Gasteiger partial charge in [0.15, 0.2) is 0 Å². The average Bonchev–Trinajstić information content (AvgIpc) is 2.47. The molecule has 6 nitrogen and oxygen atoms in total. The van der Waals surface area contributed by atoms with Crippen LogP contribution in [0.25, 0.3) is 0 Å². The first kappa shape index (κ1) is 17.1. The highest BCUT2D eigenvalue weighted by molar-refractivity contribution is 4.77. The number of hydrogen-bond donors (Lipinski definition) is 0. The van der Waals surface area contributed by atoms with Crippen molar-refractivity contribution in [3.63, 3.8) is 0 Å². The van der Waals surface area contributed by atoms with Gasteiger partial charge in [-0.05, 0) is 39.5 Å². The quantitative estimate of drug-likeness (QED) is 0.505. The summed E-state index contributed by atoms with van der Waals surface area (Å²) in [6.07, 6.45) is 3.54. The topological polar surface area (TPSA) is 55.4 Å². The van der Waals surface area contributed by atoms with Crippen LogP contribution in [-0.4, -0.2) is 58.0 Å². The Bertz CT molecular complexity index is 256. The van der Waals surface area contributed by atoms with Gasteiger partial charge in [-0.15, -0.1) is 0 Å². The largest absolute Gasteiger partial charge is 0.355 e. The molecule has 2 fully saturated rings. The van der Waals surface area contributed by atoms with Gasteiger partial charge in [-0.1, -0.05) is 0 Å². The molecule has 0 spiro atoms. The van der Waals surface area contributed by atoms with Crippen molar-refractivity contribution in [3.8, 4) is 0 Å². The van der Waals surface area contributed by atoms with E-state index in [9.17, 15) is 0 Å². The van der Waals surface area contributed by atoms with E-state index in [1.165, 1.54) is 0 Å². The fourth-order valence-electron chi connectivity index (χ4n) is 2.35. The minimum atomic E-state index is -0.123. The predicted octanol–water partition coefficient (Wildman–Crippen LogP) is 2.06. The van der Waals surface area contributed by atoms with E-state index >= 15 is 0 Å². The van der Waals surface area contributed by atoms with Gasteiger partial charge in [0.1, 0.15) is 20.4 Å². The van der Waals surface area contributed by atoms with Crippen LogP contribution in [0.4, 0.5) is 0 Å². The SMILES string of the molecule is CC1(CCOCOCCC2(C)CCOCO2)CCOCO1. The fourth-order valence-corrected chi connectivity index (χ4v) is 2.35. The maximum absolute atomic E-state index is 5.61. The van der Waals surface area contributed by atoms with Crippen molar-refractivity contribution in [2.45, 2.75) is 50.7 Å². The van der Waals surface area contributed by atoms with Gasteiger partial charge in [-0.2, -0.15) is 0 Å². The molecule has 6 heteroatoms. The summed E-state index contributed by atoms with van der Waals surface area (Å²) in [5.74, 6) is 0. The van der Waals surface area contributed by atoms with Crippen LogP contribution in [0.1, 0.15) is 39.5 Å². The van der Waals surface area contributed by atoms with Crippen molar-refractivity contribution < 1.29 is 28.4 Å². The van der Waals surface area contributed by atoms with Gasteiger partial charge in [0.25, 0.3) is 0 Å². The second-order valence-corrected chi connectivity index (χ2v) is 6.18. The van der Waals surface area contributed by atoms with Crippen molar-refractivity contribution in [2.24, 2.45) is 0 Å². The molecule has 0 amide bonds. The van der Waals surface area contributed by atoms with Gasteiger partial charge in [-0.3, -0.25) is 0 Å². The van der Waals surface area contributed by atoms with Gasteiger partial charge in [0.05, 0.1) is 37.6 Å². The van der Waals surface area contributed by atoms with Crippen LogP contribution in [0.5, 0.6) is 0 Å². The summed E-state index contributed by atoms with van der Waals surface area (Å²) in [6, 6.07) is 0. The number of ether oxygens (including phenoxy) is 6.